The van der Waals surface area contributed by atoms with Crippen LogP contribution in [0, 0.1) is 11.6 Å². The molecule has 0 aliphatic heterocycles. The third-order valence-corrected chi connectivity index (χ3v) is 3.86. The molecule has 2 aromatic rings. The molecule has 1 atom stereocenters. The molecule has 106 valence electrons. The zero-order valence-electron chi connectivity index (χ0n) is 11.2. The fourth-order valence-electron chi connectivity index (χ4n) is 2.21. The Morgan fingerprint density at radius 1 is 1.15 bits per heavy atom. The Kier molecular flexibility index (Phi) is 5.26. The Labute approximate surface area is 126 Å². The van der Waals surface area contributed by atoms with E-state index in [1.165, 1.54) is 18.2 Å². The van der Waals surface area contributed by atoms with Gasteiger partial charge in [-0.05, 0) is 42.3 Å². The SMILES string of the molecule is CCNC(Cc1ccccc1F)c1ccc(F)cc1Br. The molecule has 0 aliphatic carbocycles. The molecule has 2 rings (SSSR count). The van der Waals surface area contributed by atoms with Crippen LogP contribution in [-0.4, -0.2) is 6.54 Å². The number of halogens is 3. The molecular formula is C16H16BrF2N. The predicted octanol–water partition coefficient (Wildman–Crippen LogP) is 4.62. The lowest BCUT2D eigenvalue weighted by atomic mass is 9.98. The van der Waals surface area contributed by atoms with E-state index in [0.29, 0.717) is 16.5 Å². The van der Waals surface area contributed by atoms with Crippen LogP contribution in [0.5, 0.6) is 0 Å². The molecule has 4 heteroatoms. The monoisotopic (exact) mass is 339 g/mol. The second-order valence-corrected chi connectivity index (χ2v) is 5.43. The molecule has 0 saturated carbocycles. The van der Waals surface area contributed by atoms with Crippen molar-refractivity contribution < 1.29 is 8.78 Å². The summed E-state index contributed by atoms with van der Waals surface area (Å²) in [6.45, 7) is 2.74. The van der Waals surface area contributed by atoms with Gasteiger partial charge >= 0.3 is 0 Å². The fourth-order valence-corrected chi connectivity index (χ4v) is 2.83. The minimum atomic E-state index is -0.290. The summed E-state index contributed by atoms with van der Waals surface area (Å²) in [5.41, 5.74) is 1.58. The van der Waals surface area contributed by atoms with Gasteiger partial charge in [0.1, 0.15) is 11.6 Å². The average Bonchev–Trinajstić information content (AvgIpc) is 2.41. The summed E-state index contributed by atoms with van der Waals surface area (Å²) in [5.74, 6) is -0.504. The zero-order valence-corrected chi connectivity index (χ0v) is 12.8. The minimum absolute atomic E-state index is 0.0631. The van der Waals surface area contributed by atoms with Gasteiger partial charge < -0.3 is 5.32 Å². The number of benzene rings is 2. The standard InChI is InChI=1S/C16H16BrF2N/c1-2-20-16(9-11-5-3-4-6-15(11)19)13-8-7-12(18)10-14(13)17/h3-8,10,16,20H,2,9H2,1H3. The van der Waals surface area contributed by atoms with Crippen molar-refractivity contribution in [2.24, 2.45) is 0 Å². The van der Waals surface area contributed by atoms with Crippen molar-refractivity contribution in [2.75, 3.05) is 6.54 Å². The lowest BCUT2D eigenvalue weighted by molar-refractivity contribution is 0.525. The molecule has 0 saturated heterocycles. The summed E-state index contributed by atoms with van der Waals surface area (Å²) in [6, 6.07) is 11.2. The van der Waals surface area contributed by atoms with Gasteiger partial charge in [-0.25, -0.2) is 8.78 Å². The number of rotatable bonds is 5. The van der Waals surface area contributed by atoms with Gasteiger partial charge in [0.2, 0.25) is 0 Å². The Morgan fingerprint density at radius 2 is 1.90 bits per heavy atom. The number of nitrogens with one attached hydrogen (secondary N) is 1. The molecule has 20 heavy (non-hydrogen) atoms. The van der Waals surface area contributed by atoms with Crippen LogP contribution < -0.4 is 5.32 Å². The van der Waals surface area contributed by atoms with Gasteiger partial charge in [-0.2, -0.15) is 0 Å². The van der Waals surface area contributed by atoms with Gasteiger partial charge in [-0.1, -0.05) is 47.1 Å². The summed E-state index contributed by atoms with van der Waals surface area (Å²) < 4.78 is 27.6. The summed E-state index contributed by atoms with van der Waals surface area (Å²) in [6.07, 6.45) is 0.519. The van der Waals surface area contributed by atoms with E-state index < -0.39 is 0 Å². The molecule has 0 radical (unpaired) electrons. The lowest BCUT2D eigenvalue weighted by Gasteiger charge is -2.20. The van der Waals surface area contributed by atoms with Crippen molar-refractivity contribution in [3.8, 4) is 0 Å². The van der Waals surface area contributed by atoms with E-state index in [1.807, 2.05) is 13.0 Å². The van der Waals surface area contributed by atoms with E-state index in [1.54, 1.807) is 18.2 Å². The van der Waals surface area contributed by atoms with Crippen LogP contribution in [0.15, 0.2) is 46.9 Å². The van der Waals surface area contributed by atoms with Gasteiger partial charge in [-0.3, -0.25) is 0 Å². The van der Waals surface area contributed by atoms with Gasteiger partial charge in [0, 0.05) is 10.5 Å². The van der Waals surface area contributed by atoms with E-state index in [9.17, 15) is 8.78 Å². The largest absolute Gasteiger partial charge is 0.310 e. The normalized spacial score (nSPS) is 12.4. The number of hydrogen-bond acceptors (Lipinski definition) is 1. The van der Waals surface area contributed by atoms with Crippen LogP contribution in [-0.2, 0) is 6.42 Å². The first kappa shape index (κ1) is 15.1. The molecule has 1 N–H and O–H groups in total. The quantitative estimate of drug-likeness (QED) is 0.837. The first-order valence-electron chi connectivity index (χ1n) is 6.53. The van der Waals surface area contributed by atoms with Crippen molar-refractivity contribution in [2.45, 2.75) is 19.4 Å². The van der Waals surface area contributed by atoms with Crippen LogP contribution in [0.3, 0.4) is 0 Å². The molecule has 0 bridgehead atoms. The first-order chi connectivity index (χ1) is 9.61. The topological polar surface area (TPSA) is 12.0 Å². The number of likely N-dealkylation sites (N-methyl/N-ethyl adjacent to an activating group) is 1. The molecule has 1 nitrogen and oxygen atoms in total. The first-order valence-corrected chi connectivity index (χ1v) is 7.33. The van der Waals surface area contributed by atoms with Crippen molar-refractivity contribution >= 4 is 15.9 Å². The van der Waals surface area contributed by atoms with Crippen LogP contribution >= 0.6 is 15.9 Å². The number of hydrogen-bond donors (Lipinski definition) is 1. The highest BCUT2D eigenvalue weighted by Crippen LogP contribution is 2.27. The van der Waals surface area contributed by atoms with Gasteiger partial charge in [0.05, 0.1) is 0 Å². The second-order valence-electron chi connectivity index (χ2n) is 4.57. The van der Waals surface area contributed by atoms with E-state index in [2.05, 4.69) is 21.2 Å². The minimum Gasteiger partial charge on any atom is -0.310 e. The Hall–Kier alpha value is -1.26. The van der Waals surface area contributed by atoms with E-state index >= 15 is 0 Å². The van der Waals surface area contributed by atoms with Crippen molar-refractivity contribution in [1.29, 1.82) is 0 Å². The van der Waals surface area contributed by atoms with Gasteiger partial charge in [-0.15, -0.1) is 0 Å². The lowest BCUT2D eigenvalue weighted by Crippen LogP contribution is -2.23. The highest BCUT2D eigenvalue weighted by atomic mass is 79.9. The Morgan fingerprint density at radius 3 is 2.55 bits per heavy atom. The van der Waals surface area contributed by atoms with Crippen LogP contribution in [0.25, 0.3) is 0 Å². The van der Waals surface area contributed by atoms with E-state index in [4.69, 9.17) is 0 Å². The van der Waals surface area contributed by atoms with Crippen LogP contribution in [0.4, 0.5) is 8.78 Å². The summed E-state index contributed by atoms with van der Waals surface area (Å²) >= 11 is 3.38. The molecule has 0 aliphatic rings. The predicted molar refractivity (Wildman–Crippen MR) is 80.6 cm³/mol. The highest BCUT2D eigenvalue weighted by molar-refractivity contribution is 9.10. The summed E-state index contributed by atoms with van der Waals surface area (Å²) in [5, 5.41) is 3.32. The van der Waals surface area contributed by atoms with Crippen molar-refractivity contribution in [3.05, 3.63) is 69.7 Å². The third kappa shape index (κ3) is 3.64. The molecule has 0 fully saturated rings. The van der Waals surface area contributed by atoms with E-state index in [-0.39, 0.29) is 17.7 Å². The maximum absolute atomic E-state index is 13.8. The maximum Gasteiger partial charge on any atom is 0.126 e. The maximum atomic E-state index is 13.8. The molecule has 0 heterocycles. The molecule has 1 unspecified atom stereocenters. The smallest absolute Gasteiger partial charge is 0.126 e. The van der Waals surface area contributed by atoms with Crippen LogP contribution in [0.1, 0.15) is 24.1 Å². The van der Waals surface area contributed by atoms with E-state index in [0.717, 1.165) is 12.1 Å². The third-order valence-electron chi connectivity index (χ3n) is 3.17. The van der Waals surface area contributed by atoms with Crippen molar-refractivity contribution in [3.63, 3.8) is 0 Å². The molecular weight excluding hydrogens is 324 g/mol. The van der Waals surface area contributed by atoms with Gasteiger partial charge in [0.25, 0.3) is 0 Å². The highest BCUT2D eigenvalue weighted by Gasteiger charge is 2.16. The van der Waals surface area contributed by atoms with Crippen molar-refractivity contribution in [1.82, 2.24) is 5.32 Å². The molecule has 2 aromatic carbocycles. The molecule has 0 amide bonds. The van der Waals surface area contributed by atoms with Crippen LogP contribution in [0.2, 0.25) is 0 Å². The zero-order chi connectivity index (χ0) is 14.5. The Balaban J connectivity index is 2.29. The second kappa shape index (κ2) is 6.95. The summed E-state index contributed by atoms with van der Waals surface area (Å²) in [7, 11) is 0. The Bertz CT molecular complexity index is 586. The summed E-state index contributed by atoms with van der Waals surface area (Å²) in [4.78, 5) is 0. The molecule has 0 spiro atoms. The fraction of sp³-hybridized carbons (Fsp3) is 0.250. The molecule has 0 aromatic heterocycles. The van der Waals surface area contributed by atoms with Gasteiger partial charge in [0.15, 0.2) is 0 Å². The average molecular weight is 340 g/mol.